The number of hydrogen-bond acceptors (Lipinski definition) is 3. The Morgan fingerprint density at radius 3 is 1.82 bits per heavy atom. The number of methoxy groups -OCH3 is 1. The van der Waals surface area contributed by atoms with E-state index in [9.17, 15) is 8.42 Å². The molecule has 0 atom stereocenters. The molecule has 3 nitrogen and oxygen atoms in total. The lowest BCUT2D eigenvalue weighted by Gasteiger charge is -2.17. The van der Waals surface area contributed by atoms with E-state index in [0.29, 0.717) is 4.90 Å². The Balaban J connectivity index is 2.21. The summed E-state index contributed by atoms with van der Waals surface area (Å²) >= 11 is 0. The molecule has 144 valence electrons. The van der Waals surface area contributed by atoms with E-state index < -0.39 is 9.84 Å². The van der Waals surface area contributed by atoms with Crippen LogP contribution < -0.4 is 4.74 Å². The first kappa shape index (κ1) is 19.9. The summed E-state index contributed by atoms with van der Waals surface area (Å²) in [6.07, 6.45) is 2.04. The summed E-state index contributed by atoms with van der Waals surface area (Å²) in [5.41, 5.74) is 5.53. The van der Waals surface area contributed by atoms with Crippen LogP contribution in [-0.2, 0) is 9.84 Å². The summed E-state index contributed by atoms with van der Waals surface area (Å²) in [5, 5.41) is 0. The van der Waals surface area contributed by atoms with Crippen LogP contribution in [0.15, 0.2) is 83.8 Å². The van der Waals surface area contributed by atoms with Crippen molar-refractivity contribution < 1.29 is 13.2 Å². The number of ether oxygens (including phenoxy) is 1. The highest BCUT2D eigenvalue weighted by Gasteiger charge is 2.14. The molecule has 4 heteroatoms. The van der Waals surface area contributed by atoms with Crippen molar-refractivity contribution in [3.8, 4) is 5.75 Å². The van der Waals surface area contributed by atoms with Gasteiger partial charge in [0.2, 0.25) is 0 Å². The fourth-order valence-electron chi connectivity index (χ4n) is 3.31. The Hall–Kier alpha value is -2.85. The highest BCUT2D eigenvalue weighted by Crippen LogP contribution is 2.35. The normalized spacial score (nSPS) is 12.4. The lowest BCUT2D eigenvalue weighted by Crippen LogP contribution is -1.98. The van der Waals surface area contributed by atoms with E-state index >= 15 is 0 Å². The van der Waals surface area contributed by atoms with Gasteiger partial charge in [0.25, 0.3) is 0 Å². The third-order valence-electron chi connectivity index (χ3n) is 4.73. The zero-order valence-corrected chi connectivity index (χ0v) is 17.2. The monoisotopic (exact) mass is 392 g/mol. The molecule has 0 saturated carbocycles. The van der Waals surface area contributed by atoms with Crippen LogP contribution in [-0.4, -0.2) is 21.8 Å². The zero-order chi connectivity index (χ0) is 20.1. The van der Waals surface area contributed by atoms with Crippen molar-refractivity contribution in [2.45, 2.75) is 18.2 Å². The van der Waals surface area contributed by atoms with Crippen LogP contribution in [0, 0.1) is 0 Å². The molecule has 0 fully saturated rings. The van der Waals surface area contributed by atoms with Crippen molar-refractivity contribution in [2.24, 2.45) is 0 Å². The Kier molecular flexibility index (Phi) is 6.00. The van der Waals surface area contributed by atoms with Crippen LogP contribution in [0.25, 0.3) is 11.1 Å². The average molecular weight is 393 g/mol. The van der Waals surface area contributed by atoms with Gasteiger partial charge < -0.3 is 4.74 Å². The molecular weight excluding hydrogens is 368 g/mol. The van der Waals surface area contributed by atoms with Crippen LogP contribution in [0.5, 0.6) is 5.75 Å². The Labute approximate surface area is 167 Å². The van der Waals surface area contributed by atoms with Gasteiger partial charge in [0.05, 0.1) is 12.0 Å². The second kappa shape index (κ2) is 8.44. The first-order valence-electron chi connectivity index (χ1n) is 9.17. The molecule has 0 bridgehead atoms. The quantitative estimate of drug-likeness (QED) is 0.523. The Morgan fingerprint density at radius 2 is 1.32 bits per heavy atom. The minimum Gasteiger partial charge on any atom is -0.497 e. The van der Waals surface area contributed by atoms with E-state index in [0.717, 1.165) is 40.0 Å². The summed E-state index contributed by atoms with van der Waals surface area (Å²) in [6, 6.07) is 25.4. The molecule has 0 N–H and O–H groups in total. The second-order valence-corrected chi connectivity index (χ2v) is 8.61. The standard InChI is InChI=1S/C24H24O3S/c1-4-23(18-12-16-22(17-13-18)28(3,25)26)24(19-8-6-5-7-9-19)20-10-14-21(27-2)15-11-20/h5-17H,4H2,1-3H3/b24-23-. The number of hydrogen-bond donors (Lipinski definition) is 0. The third kappa shape index (κ3) is 4.34. The molecule has 0 aliphatic heterocycles. The maximum absolute atomic E-state index is 11.8. The van der Waals surface area contributed by atoms with Crippen LogP contribution in [0.2, 0.25) is 0 Å². The molecule has 3 aromatic carbocycles. The highest BCUT2D eigenvalue weighted by atomic mass is 32.2. The van der Waals surface area contributed by atoms with Gasteiger partial charge in [0.1, 0.15) is 5.75 Å². The van der Waals surface area contributed by atoms with E-state index in [-0.39, 0.29) is 0 Å². The molecule has 0 aliphatic rings. The van der Waals surface area contributed by atoms with Crippen LogP contribution in [0.3, 0.4) is 0 Å². The van der Waals surface area contributed by atoms with Crippen LogP contribution in [0.1, 0.15) is 30.0 Å². The van der Waals surface area contributed by atoms with Gasteiger partial charge in [-0.05, 0) is 58.5 Å². The molecule has 0 aromatic heterocycles. The molecule has 3 rings (SSSR count). The number of sulfone groups is 1. The van der Waals surface area contributed by atoms with E-state index in [2.05, 4.69) is 31.2 Å². The van der Waals surface area contributed by atoms with E-state index in [1.807, 2.05) is 42.5 Å². The summed E-state index contributed by atoms with van der Waals surface area (Å²) in [5.74, 6) is 0.812. The van der Waals surface area contributed by atoms with Gasteiger partial charge >= 0.3 is 0 Å². The average Bonchev–Trinajstić information content (AvgIpc) is 2.72. The van der Waals surface area contributed by atoms with Gasteiger partial charge in [-0.1, -0.05) is 61.5 Å². The topological polar surface area (TPSA) is 43.4 Å². The van der Waals surface area contributed by atoms with Gasteiger partial charge in [-0.3, -0.25) is 0 Å². The van der Waals surface area contributed by atoms with E-state index in [4.69, 9.17) is 4.74 Å². The van der Waals surface area contributed by atoms with Crippen molar-refractivity contribution in [1.82, 2.24) is 0 Å². The number of rotatable bonds is 6. The minimum atomic E-state index is -3.21. The molecule has 0 amide bonds. The lowest BCUT2D eigenvalue weighted by atomic mass is 9.88. The molecule has 0 unspecified atom stereocenters. The fourth-order valence-corrected chi connectivity index (χ4v) is 3.94. The molecule has 28 heavy (non-hydrogen) atoms. The van der Waals surface area contributed by atoms with Gasteiger partial charge in [-0.15, -0.1) is 0 Å². The summed E-state index contributed by atoms with van der Waals surface area (Å²) in [6.45, 7) is 2.12. The largest absolute Gasteiger partial charge is 0.497 e. The number of allylic oxidation sites excluding steroid dienone is 1. The minimum absolute atomic E-state index is 0.331. The molecule has 0 aliphatic carbocycles. The molecule has 0 radical (unpaired) electrons. The molecule has 0 spiro atoms. The third-order valence-corrected chi connectivity index (χ3v) is 5.86. The predicted molar refractivity (Wildman–Crippen MR) is 115 cm³/mol. The van der Waals surface area contributed by atoms with Crippen LogP contribution >= 0.6 is 0 Å². The molecule has 3 aromatic rings. The maximum atomic E-state index is 11.8. The Bertz CT molecular complexity index is 1060. The molecule has 0 saturated heterocycles. The van der Waals surface area contributed by atoms with Crippen molar-refractivity contribution in [3.05, 3.63) is 95.6 Å². The van der Waals surface area contributed by atoms with Crippen LogP contribution in [0.4, 0.5) is 0 Å². The summed E-state index contributed by atoms with van der Waals surface area (Å²) in [4.78, 5) is 0.331. The van der Waals surface area contributed by atoms with Crippen molar-refractivity contribution in [2.75, 3.05) is 13.4 Å². The zero-order valence-electron chi connectivity index (χ0n) is 16.3. The summed E-state index contributed by atoms with van der Waals surface area (Å²) in [7, 11) is -1.56. The van der Waals surface area contributed by atoms with Gasteiger partial charge in [-0.25, -0.2) is 8.42 Å². The second-order valence-electron chi connectivity index (χ2n) is 6.60. The first-order valence-corrected chi connectivity index (χ1v) is 11.1. The predicted octanol–water partition coefficient (Wildman–Crippen LogP) is 5.47. The summed E-state index contributed by atoms with van der Waals surface area (Å²) < 4.78 is 28.9. The SMILES string of the molecule is CC/C(=C(\c1ccccc1)c1ccc(OC)cc1)c1ccc(S(C)(=O)=O)cc1. The first-order chi connectivity index (χ1) is 13.4. The van der Waals surface area contributed by atoms with Crippen molar-refractivity contribution in [3.63, 3.8) is 0 Å². The Morgan fingerprint density at radius 1 is 0.786 bits per heavy atom. The smallest absolute Gasteiger partial charge is 0.175 e. The van der Waals surface area contributed by atoms with E-state index in [1.165, 1.54) is 6.26 Å². The van der Waals surface area contributed by atoms with Gasteiger partial charge in [0.15, 0.2) is 9.84 Å². The molecular formula is C24H24O3S. The van der Waals surface area contributed by atoms with Crippen molar-refractivity contribution in [1.29, 1.82) is 0 Å². The maximum Gasteiger partial charge on any atom is 0.175 e. The molecule has 0 heterocycles. The van der Waals surface area contributed by atoms with Gasteiger partial charge in [0, 0.05) is 6.26 Å². The highest BCUT2D eigenvalue weighted by molar-refractivity contribution is 7.90. The van der Waals surface area contributed by atoms with E-state index in [1.54, 1.807) is 19.2 Å². The fraction of sp³-hybridized carbons (Fsp3) is 0.167. The number of benzene rings is 3. The van der Waals surface area contributed by atoms with Crippen molar-refractivity contribution >= 4 is 21.0 Å². The van der Waals surface area contributed by atoms with Gasteiger partial charge in [-0.2, -0.15) is 0 Å². The lowest BCUT2D eigenvalue weighted by molar-refractivity contribution is 0.415.